The van der Waals surface area contributed by atoms with Gasteiger partial charge in [-0.15, -0.1) is 11.3 Å². The van der Waals surface area contributed by atoms with E-state index in [1.54, 1.807) is 41.4 Å². The second-order valence-electron chi connectivity index (χ2n) is 7.45. The number of halogens is 1. The minimum absolute atomic E-state index is 0.181. The second-order valence-corrected chi connectivity index (χ2v) is 9.25. The van der Waals surface area contributed by atoms with Gasteiger partial charge in [0.2, 0.25) is 0 Å². The van der Waals surface area contributed by atoms with Crippen LogP contribution >= 0.6 is 22.9 Å². The summed E-state index contributed by atoms with van der Waals surface area (Å²) in [5, 5.41) is 7.74. The molecule has 1 N–H and O–H groups in total. The molecule has 0 saturated carbocycles. The zero-order chi connectivity index (χ0) is 23.5. The Hall–Kier alpha value is -3.95. The molecular weight excluding hydrogens is 474 g/mol. The molecule has 0 amide bonds. The fourth-order valence-electron chi connectivity index (χ4n) is 3.42. The van der Waals surface area contributed by atoms with Crippen molar-refractivity contribution in [2.75, 3.05) is 5.32 Å². The molecule has 0 fully saturated rings. The summed E-state index contributed by atoms with van der Waals surface area (Å²) in [6, 6.07) is 14.1. The van der Waals surface area contributed by atoms with E-state index >= 15 is 0 Å². The van der Waals surface area contributed by atoms with Crippen molar-refractivity contribution in [2.24, 2.45) is 0 Å². The largest absolute Gasteiger partial charge is 0.472 e. The minimum Gasteiger partial charge on any atom is -0.472 e. The fourth-order valence-corrected chi connectivity index (χ4v) is 4.45. The average molecular weight is 492 g/mol. The Kier molecular flexibility index (Phi) is 6.11. The maximum Gasteiger partial charge on any atom is 0.283 e. The van der Waals surface area contributed by atoms with Crippen LogP contribution in [-0.4, -0.2) is 25.2 Å². The average Bonchev–Trinajstić information content (AvgIpc) is 3.60. The molecule has 0 aliphatic carbocycles. The number of anilines is 1. The Bertz CT molecular complexity index is 1490. The normalized spacial score (nSPS) is 11.0. The van der Waals surface area contributed by atoms with Crippen molar-refractivity contribution in [1.29, 1.82) is 0 Å². The molecule has 5 rings (SSSR count). The first kappa shape index (κ1) is 21.9. The predicted octanol–water partition coefficient (Wildman–Crippen LogP) is 4.76. The molecule has 5 aromatic rings. The molecule has 0 aliphatic rings. The molecule has 5 aromatic heterocycles. The Morgan fingerprint density at radius 2 is 2.09 bits per heavy atom. The molecule has 0 radical (unpaired) electrons. The van der Waals surface area contributed by atoms with Gasteiger partial charge in [-0.1, -0.05) is 17.7 Å². The fraction of sp³-hybridized carbons (Fsp3) is 0.0833. The van der Waals surface area contributed by atoms with Gasteiger partial charge >= 0.3 is 0 Å². The van der Waals surface area contributed by atoms with Crippen LogP contribution in [0.1, 0.15) is 20.8 Å². The summed E-state index contributed by atoms with van der Waals surface area (Å²) in [7, 11) is 0. The predicted molar refractivity (Wildman–Crippen MR) is 130 cm³/mol. The highest BCUT2D eigenvalue weighted by atomic mass is 35.5. The van der Waals surface area contributed by atoms with Crippen molar-refractivity contribution in [2.45, 2.75) is 13.1 Å². The van der Waals surface area contributed by atoms with Gasteiger partial charge in [0.25, 0.3) is 11.5 Å². The van der Waals surface area contributed by atoms with Crippen LogP contribution in [-0.2, 0) is 13.1 Å². The lowest BCUT2D eigenvalue weighted by Crippen LogP contribution is -2.19. The first-order valence-corrected chi connectivity index (χ1v) is 11.5. The van der Waals surface area contributed by atoms with Gasteiger partial charge in [0.1, 0.15) is 12.1 Å². The van der Waals surface area contributed by atoms with E-state index in [9.17, 15) is 9.59 Å². The number of aromatic nitrogens is 4. The smallest absolute Gasteiger partial charge is 0.283 e. The molecule has 0 aromatic carbocycles. The molecule has 170 valence electrons. The number of hydrogen-bond acceptors (Lipinski definition) is 7. The Morgan fingerprint density at radius 3 is 2.79 bits per heavy atom. The summed E-state index contributed by atoms with van der Waals surface area (Å²) in [5.41, 5.74) is 2.21. The van der Waals surface area contributed by atoms with Gasteiger partial charge in [0.15, 0.2) is 0 Å². The molecule has 0 atom stereocenters. The number of nitrogens with zero attached hydrogens (tertiary/aromatic N) is 4. The van der Waals surface area contributed by atoms with Gasteiger partial charge in [0.05, 0.1) is 34.9 Å². The van der Waals surface area contributed by atoms with E-state index in [1.807, 2.05) is 24.3 Å². The van der Waals surface area contributed by atoms with E-state index in [0.717, 1.165) is 10.4 Å². The molecule has 0 unspecified atom stereocenters. The number of nitrogens with one attached hydrogen (secondary N) is 1. The highest BCUT2D eigenvalue weighted by Gasteiger charge is 2.18. The summed E-state index contributed by atoms with van der Waals surface area (Å²) in [4.78, 5) is 30.9. The molecule has 34 heavy (non-hydrogen) atoms. The number of rotatable bonds is 7. The SMILES string of the molecule is O=C(c1ccoc1)n1nc(-c2ccn(Cc3cccnc3)c(=O)c2)cc1NCc1ccc(Cl)s1. The van der Waals surface area contributed by atoms with E-state index in [-0.39, 0.29) is 11.5 Å². The molecule has 0 saturated heterocycles. The van der Waals surface area contributed by atoms with Gasteiger partial charge in [-0.25, -0.2) is 0 Å². The first-order chi connectivity index (χ1) is 16.6. The van der Waals surface area contributed by atoms with Gasteiger partial charge in [-0.3, -0.25) is 14.6 Å². The van der Waals surface area contributed by atoms with Crippen LogP contribution < -0.4 is 10.9 Å². The van der Waals surface area contributed by atoms with Gasteiger partial charge in [-0.2, -0.15) is 9.78 Å². The van der Waals surface area contributed by atoms with Crippen molar-refractivity contribution >= 4 is 34.7 Å². The molecule has 10 heteroatoms. The topological polar surface area (TPSA) is 94.9 Å². The molecule has 0 spiro atoms. The number of thiophene rings is 1. The first-order valence-electron chi connectivity index (χ1n) is 10.3. The van der Waals surface area contributed by atoms with Crippen LogP contribution in [0.15, 0.2) is 88.9 Å². The maximum absolute atomic E-state index is 13.0. The van der Waals surface area contributed by atoms with Crippen molar-refractivity contribution in [1.82, 2.24) is 19.3 Å². The van der Waals surface area contributed by atoms with E-state index in [0.29, 0.717) is 40.1 Å². The van der Waals surface area contributed by atoms with Crippen LogP contribution in [0.4, 0.5) is 5.82 Å². The Balaban J connectivity index is 1.45. The highest BCUT2D eigenvalue weighted by molar-refractivity contribution is 7.16. The molecule has 0 bridgehead atoms. The van der Waals surface area contributed by atoms with E-state index < -0.39 is 0 Å². The third-order valence-electron chi connectivity index (χ3n) is 5.11. The van der Waals surface area contributed by atoms with Gasteiger partial charge in [-0.05, 0) is 35.9 Å². The van der Waals surface area contributed by atoms with Crippen LogP contribution in [0.3, 0.4) is 0 Å². The van der Waals surface area contributed by atoms with Crippen LogP contribution in [0, 0.1) is 0 Å². The summed E-state index contributed by atoms with van der Waals surface area (Å²) < 4.78 is 8.61. The molecule has 5 heterocycles. The van der Waals surface area contributed by atoms with Gasteiger partial charge < -0.3 is 14.3 Å². The summed E-state index contributed by atoms with van der Waals surface area (Å²) >= 11 is 7.48. The zero-order valence-electron chi connectivity index (χ0n) is 17.7. The lowest BCUT2D eigenvalue weighted by Gasteiger charge is -2.06. The lowest BCUT2D eigenvalue weighted by atomic mass is 10.2. The quantitative estimate of drug-likeness (QED) is 0.352. The van der Waals surface area contributed by atoms with Gasteiger partial charge in [0, 0.05) is 41.2 Å². The third kappa shape index (κ3) is 4.70. The van der Waals surface area contributed by atoms with E-state index in [2.05, 4.69) is 15.4 Å². The van der Waals surface area contributed by atoms with Crippen molar-refractivity contribution < 1.29 is 9.21 Å². The van der Waals surface area contributed by atoms with Crippen LogP contribution in [0.25, 0.3) is 11.3 Å². The summed E-state index contributed by atoms with van der Waals surface area (Å²) in [5.74, 6) is 0.141. The third-order valence-corrected chi connectivity index (χ3v) is 6.34. The number of hydrogen-bond donors (Lipinski definition) is 1. The highest BCUT2D eigenvalue weighted by Crippen LogP contribution is 2.25. The van der Waals surface area contributed by atoms with E-state index in [4.69, 9.17) is 16.0 Å². The Labute approximate surface area is 203 Å². The summed E-state index contributed by atoms with van der Waals surface area (Å²) in [6.45, 7) is 0.879. The monoisotopic (exact) mass is 491 g/mol. The second kappa shape index (κ2) is 9.50. The summed E-state index contributed by atoms with van der Waals surface area (Å²) in [6.07, 6.45) is 7.92. The number of carbonyl (C=O) groups excluding carboxylic acids is 1. The molecule has 0 aliphatic heterocycles. The number of furan rings is 1. The van der Waals surface area contributed by atoms with Crippen LogP contribution in [0.2, 0.25) is 4.34 Å². The number of carbonyl (C=O) groups is 1. The standard InChI is InChI=1S/C24H18ClN5O3S/c25-21-4-3-19(34-21)13-27-22-11-20(28-30(22)24(32)18-6-9-33-15-18)17-5-8-29(23(31)10-17)14-16-2-1-7-26-12-16/h1-12,15,27H,13-14H2. The zero-order valence-corrected chi connectivity index (χ0v) is 19.3. The van der Waals surface area contributed by atoms with Crippen LogP contribution in [0.5, 0.6) is 0 Å². The molecular formula is C24H18ClN5O3S. The minimum atomic E-state index is -0.350. The van der Waals surface area contributed by atoms with Crippen molar-refractivity contribution in [3.63, 3.8) is 0 Å². The van der Waals surface area contributed by atoms with Crippen molar-refractivity contribution in [3.8, 4) is 11.3 Å². The number of pyridine rings is 2. The Morgan fingerprint density at radius 1 is 1.18 bits per heavy atom. The van der Waals surface area contributed by atoms with E-state index in [1.165, 1.54) is 34.6 Å². The maximum atomic E-state index is 13.0. The molecule has 8 nitrogen and oxygen atoms in total. The lowest BCUT2D eigenvalue weighted by molar-refractivity contribution is 0.0947. The van der Waals surface area contributed by atoms with Crippen molar-refractivity contribution in [3.05, 3.63) is 110 Å².